The number of aliphatic imine (C=N–C) groups is 1. The van der Waals surface area contributed by atoms with Crippen LogP contribution < -0.4 is 4.90 Å². The summed E-state index contributed by atoms with van der Waals surface area (Å²) in [7, 11) is 0. The van der Waals surface area contributed by atoms with Crippen molar-refractivity contribution in [2.45, 2.75) is 6.42 Å². The van der Waals surface area contributed by atoms with Crippen molar-refractivity contribution < 1.29 is 4.79 Å². The van der Waals surface area contributed by atoms with Gasteiger partial charge in [-0.1, -0.05) is 30.3 Å². The van der Waals surface area contributed by atoms with Crippen molar-refractivity contribution in [2.24, 2.45) is 4.99 Å². The van der Waals surface area contributed by atoms with Crippen LogP contribution in [-0.2, 0) is 4.79 Å². The molecular weight excluding hydrogens is 248 g/mol. The number of hydrogen-bond donors (Lipinski definition) is 0. The fourth-order valence-corrected chi connectivity index (χ4v) is 1.97. The van der Waals surface area contributed by atoms with E-state index in [1.165, 1.54) is 4.90 Å². The van der Waals surface area contributed by atoms with Gasteiger partial charge in [0.1, 0.15) is 0 Å². The van der Waals surface area contributed by atoms with E-state index in [0.717, 1.165) is 16.9 Å². The first-order valence-corrected chi connectivity index (χ1v) is 6.36. The van der Waals surface area contributed by atoms with Crippen molar-refractivity contribution in [1.29, 1.82) is 0 Å². The highest BCUT2D eigenvalue weighted by Crippen LogP contribution is 2.29. The van der Waals surface area contributed by atoms with Crippen LogP contribution in [0.3, 0.4) is 0 Å². The lowest BCUT2D eigenvalue weighted by Gasteiger charge is -2.14. The van der Waals surface area contributed by atoms with E-state index in [0.29, 0.717) is 0 Å². The Hall–Kier alpha value is -2.86. The SMILES string of the molecule is O=C1CC=Nc2ccccc2N1C#Cc1ccccc1. The maximum absolute atomic E-state index is 12.1. The largest absolute Gasteiger partial charge is 0.273 e. The summed E-state index contributed by atoms with van der Waals surface area (Å²) in [5.41, 5.74) is 2.37. The van der Waals surface area contributed by atoms with Crippen LogP contribution in [0.4, 0.5) is 11.4 Å². The van der Waals surface area contributed by atoms with Gasteiger partial charge in [-0.3, -0.25) is 9.79 Å². The fraction of sp³-hybridized carbons (Fsp3) is 0.0588. The number of fused-ring (bicyclic) bond motifs is 1. The second kappa shape index (κ2) is 5.41. The Kier molecular flexibility index (Phi) is 3.30. The molecule has 0 fully saturated rings. The Balaban J connectivity index is 2.01. The van der Waals surface area contributed by atoms with E-state index in [-0.39, 0.29) is 12.3 Å². The molecule has 2 aromatic rings. The second-order valence-electron chi connectivity index (χ2n) is 4.34. The van der Waals surface area contributed by atoms with E-state index in [1.807, 2.05) is 54.6 Å². The zero-order valence-electron chi connectivity index (χ0n) is 10.8. The van der Waals surface area contributed by atoms with Crippen molar-refractivity contribution >= 4 is 23.5 Å². The van der Waals surface area contributed by atoms with Crippen LogP contribution >= 0.6 is 0 Å². The molecule has 0 saturated carbocycles. The van der Waals surface area contributed by atoms with E-state index in [9.17, 15) is 4.79 Å². The number of amides is 1. The number of hydrogen-bond acceptors (Lipinski definition) is 2. The first kappa shape index (κ1) is 12.2. The van der Waals surface area contributed by atoms with Gasteiger partial charge < -0.3 is 0 Å². The molecule has 1 heterocycles. The average Bonchev–Trinajstić information content (AvgIpc) is 2.65. The molecule has 3 nitrogen and oxygen atoms in total. The summed E-state index contributed by atoms with van der Waals surface area (Å²) >= 11 is 0. The summed E-state index contributed by atoms with van der Waals surface area (Å²) in [4.78, 5) is 17.9. The van der Waals surface area contributed by atoms with Gasteiger partial charge in [0.25, 0.3) is 0 Å². The van der Waals surface area contributed by atoms with Crippen LogP contribution in [0.15, 0.2) is 59.6 Å². The number of para-hydroxylation sites is 2. The van der Waals surface area contributed by atoms with Gasteiger partial charge in [0.2, 0.25) is 5.91 Å². The van der Waals surface area contributed by atoms with Gasteiger partial charge >= 0.3 is 0 Å². The van der Waals surface area contributed by atoms with Crippen LogP contribution in [-0.4, -0.2) is 12.1 Å². The summed E-state index contributed by atoms with van der Waals surface area (Å²) in [6.45, 7) is 0. The highest BCUT2D eigenvalue weighted by Gasteiger charge is 2.18. The molecule has 1 aliphatic rings. The molecule has 1 aliphatic heterocycles. The monoisotopic (exact) mass is 260 g/mol. The standard InChI is InChI=1S/C17H12N2O/c20-17-10-12-18-15-8-4-5-9-16(15)19(17)13-11-14-6-2-1-3-7-14/h1-9,12H,10H2. The van der Waals surface area contributed by atoms with Gasteiger partial charge in [0.15, 0.2) is 0 Å². The van der Waals surface area contributed by atoms with Gasteiger partial charge in [-0.15, -0.1) is 0 Å². The minimum absolute atomic E-state index is 0.0675. The highest BCUT2D eigenvalue weighted by atomic mass is 16.2. The van der Waals surface area contributed by atoms with Gasteiger partial charge in [0, 0.05) is 17.8 Å². The number of carbonyl (C=O) groups is 1. The molecule has 0 bridgehead atoms. The molecule has 96 valence electrons. The Morgan fingerprint density at radius 1 is 1.00 bits per heavy atom. The van der Waals surface area contributed by atoms with Crippen LogP contribution in [0.2, 0.25) is 0 Å². The third kappa shape index (κ3) is 2.45. The minimum Gasteiger partial charge on any atom is -0.273 e. The smallest absolute Gasteiger partial charge is 0.244 e. The van der Waals surface area contributed by atoms with Crippen LogP contribution in [0.25, 0.3) is 0 Å². The number of anilines is 1. The molecule has 20 heavy (non-hydrogen) atoms. The topological polar surface area (TPSA) is 32.7 Å². The van der Waals surface area contributed by atoms with E-state index in [1.54, 1.807) is 6.21 Å². The molecule has 0 N–H and O–H groups in total. The molecule has 0 spiro atoms. The Morgan fingerprint density at radius 2 is 1.75 bits per heavy atom. The van der Waals surface area contributed by atoms with Crippen LogP contribution in [0, 0.1) is 12.0 Å². The van der Waals surface area contributed by atoms with Crippen molar-refractivity contribution in [3.05, 3.63) is 60.2 Å². The minimum atomic E-state index is -0.0675. The fourth-order valence-electron chi connectivity index (χ4n) is 1.97. The summed E-state index contributed by atoms with van der Waals surface area (Å²) in [5.74, 6) is 2.95. The molecule has 0 unspecified atom stereocenters. The number of nitrogens with zero attached hydrogens (tertiary/aromatic N) is 2. The lowest BCUT2D eigenvalue weighted by molar-refractivity contribution is -0.116. The summed E-state index contributed by atoms with van der Waals surface area (Å²) < 4.78 is 0. The maximum Gasteiger partial charge on any atom is 0.244 e. The lowest BCUT2D eigenvalue weighted by atomic mass is 10.2. The zero-order chi connectivity index (χ0) is 13.8. The summed E-state index contributed by atoms with van der Waals surface area (Å²) in [6.07, 6.45) is 1.89. The predicted molar refractivity (Wildman–Crippen MR) is 80.0 cm³/mol. The Labute approximate surface area is 117 Å². The summed E-state index contributed by atoms with van der Waals surface area (Å²) in [6, 6.07) is 20.1. The predicted octanol–water partition coefficient (Wildman–Crippen LogP) is 3.13. The van der Waals surface area contributed by atoms with Gasteiger partial charge in [-0.2, -0.15) is 0 Å². The van der Waals surface area contributed by atoms with E-state index in [2.05, 4.69) is 17.0 Å². The van der Waals surface area contributed by atoms with Crippen LogP contribution in [0.1, 0.15) is 12.0 Å². The molecule has 0 aromatic heterocycles. The molecule has 0 radical (unpaired) electrons. The number of carbonyl (C=O) groups excluding carboxylic acids is 1. The van der Waals surface area contributed by atoms with Gasteiger partial charge in [0.05, 0.1) is 17.8 Å². The first-order chi connectivity index (χ1) is 9.84. The lowest BCUT2D eigenvalue weighted by Crippen LogP contribution is -2.24. The van der Waals surface area contributed by atoms with Crippen molar-refractivity contribution in [1.82, 2.24) is 0 Å². The molecule has 1 amide bonds. The van der Waals surface area contributed by atoms with E-state index in [4.69, 9.17) is 0 Å². The number of benzene rings is 2. The van der Waals surface area contributed by atoms with Crippen molar-refractivity contribution in [3.8, 4) is 12.0 Å². The quantitative estimate of drug-likeness (QED) is 0.670. The zero-order valence-corrected chi connectivity index (χ0v) is 10.8. The molecule has 3 heteroatoms. The van der Waals surface area contributed by atoms with E-state index >= 15 is 0 Å². The Bertz CT molecular complexity index is 723. The maximum atomic E-state index is 12.1. The van der Waals surface area contributed by atoms with Gasteiger partial charge in [-0.25, -0.2) is 4.90 Å². The third-order valence-electron chi connectivity index (χ3n) is 2.95. The summed E-state index contributed by atoms with van der Waals surface area (Å²) in [5, 5.41) is 0. The van der Waals surface area contributed by atoms with E-state index < -0.39 is 0 Å². The van der Waals surface area contributed by atoms with Crippen LogP contribution in [0.5, 0.6) is 0 Å². The normalized spacial score (nSPS) is 13.2. The van der Waals surface area contributed by atoms with Crippen molar-refractivity contribution in [3.63, 3.8) is 0 Å². The third-order valence-corrected chi connectivity index (χ3v) is 2.95. The molecule has 0 atom stereocenters. The highest BCUT2D eigenvalue weighted by molar-refractivity contribution is 6.07. The number of rotatable bonds is 0. The average molecular weight is 260 g/mol. The molecule has 0 saturated heterocycles. The molecule has 2 aromatic carbocycles. The Morgan fingerprint density at radius 3 is 2.60 bits per heavy atom. The molecular formula is C17H12N2O. The van der Waals surface area contributed by atoms with Crippen molar-refractivity contribution in [2.75, 3.05) is 4.90 Å². The first-order valence-electron chi connectivity index (χ1n) is 6.36. The molecule has 3 rings (SSSR count). The van der Waals surface area contributed by atoms with Gasteiger partial charge in [-0.05, 0) is 30.2 Å². The second-order valence-corrected chi connectivity index (χ2v) is 4.34. The molecule has 0 aliphatic carbocycles.